The second-order valence-electron chi connectivity index (χ2n) is 9.02. The third kappa shape index (κ3) is 3.45. The van der Waals surface area contributed by atoms with Crippen LogP contribution in [0.2, 0.25) is 0 Å². The largest absolute Gasteiger partial charge is 0.395 e. The van der Waals surface area contributed by atoms with Crippen LogP contribution in [0.15, 0.2) is 30.3 Å². The van der Waals surface area contributed by atoms with Gasteiger partial charge in [-0.1, -0.05) is 43.2 Å². The van der Waals surface area contributed by atoms with Crippen LogP contribution in [0, 0.1) is 5.41 Å². The van der Waals surface area contributed by atoms with Crippen molar-refractivity contribution in [2.45, 2.75) is 56.8 Å². The van der Waals surface area contributed by atoms with Crippen LogP contribution in [0.1, 0.15) is 56.9 Å². The van der Waals surface area contributed by atoms with E-state index in [4.69, 9.17) is 0 Å². The number of carbonyl (C=O) groups excluding carboxylic acids is 2. The predicted octanol–water partition coefficient (Wildman–Crippen LogP) is 2.72. The van der Waals surface area contributed by atoms with E-state index in [-0.39, 0.29) is 23.3 Å². The molecule has 3 fully saturated rings. The second kappa shape index (κ2) is 7.86. The lowest BCUT2D eigenvalue weighted by molar-refractivity contribution is -0.146. The summed E-state index contributed by atoms with van der Waals surface area (Å²) in [5.41, 5.74) is 0.792. The highest BCUT2D eigenvalue weighted by Gasteiger charge is 2.48. The minimum atomic E-state index is -0.366. The number of likely N-dealkylation sites (tertiary alicyclic amines) is 2. The number of β-amino-alcohol motifs (C(OH)–C–C–N with tert-alkyl or cyclic N) is 1. The number of hydrogen-bond acceptors (Lipinski definition) is 3. The first kappa shape index (κ1) is 19.4. The number of aliphatic hydroxyl groups is 1. The molecule has 0 unspecified atom stereocenters. The lowest BCUT2D eigenvalue weighted by Crippen LogP contribution is -2.57. The Morgan fingerprint density at radius 2 is 1.75 bits per heavy atom. The van der Waals surface area contributed by atoms with Crippen LogP contribution in [-0.2, 0) is 15.0 Å². The third-order valence-corrected chi connectivity index (χ3v) is 7.26. The van der Waals surface area contributed by atoms with Crippen molar-refractivity contribution in [3.05, 3.63) is 35.9 Å². The number of carbonyl (C=O) groups is 2. The highest BCUT2D eigenvalue weighted by atomic mass is 16.3. The zero-order valence-corrected chi connectivity index (χ0v) is 16.7. The average Bonchev–Trinajstić information content (AvgIpc) is 3.23. The maximum Gasteiger partial charge on any atom is 0.233 e. The van der Waals surface area contributed by atoms with E-state index in [1.165, 1.54) is 0 Å². The molecule has 4 rings (SSSR count). The van der Waals surface area contributed by atoms with Crippen molar-refractivity contribution in [2.24, 2.45) is 5.41 Å². The monoisotopic (exact) mass is 384 g/mol. The molecule has 3 aliphatic rings. The molecule has 1 saturated carbocycles. The Kier molecular flexibility index (Phi) is 5.46. The molecule has 5 heteroatoms. The summed E-state index contributed by atoms with van der Waals surface area (Å²) in [6.07, 6.45) is 7.55. The fraction of sp³-hybridized carbons (Fsp3) is 0.652. The number of nitrogens with zero attached hydrogens (tertiary/aromatic N) is 2. The highest BCUT2D eigenvalue weighted by Crippen LogP contribution is 2.45. The molecule has 2 aliphatic heterocycles. The fourth-order valence-corrected chi connectivity index (χ4v) is 5.81. The summed E-state index contributed by atoms with van der Waals surface area (Å²) in [5.74, 6) is 0.431. The Balaban J connectivity index is 1.55. The van der Waals surface area contributed by atoms with Crippen molar-refractivity contribution >= 4 is 11.8 Å². The van der Waals surface area contributed by atoms with E-state index in [1.54, 1.807) is 4.90 Å². The van der Waals surface area contributed by atoms with Gasteiger partial charge in [-0.25, -0.2) is 0 Å². The summed E-state index contributed by atoms with van der Waals surface area (Å²) in [5, 5.41) is 9.31. The van der Waals surface area contributed by atoms with Crippen LogP contribution in [-0.4, -0.2) is 59.5 Å². The summed E-state index contributed by atoms with van der Waals surface area (Å²) >= 11 is 0. The van der Waals surface area contributed by atoms with Gasteiger partial charge >= 0.3 is 0 Å². The Morgan fingerprint density at radius 1 is 1.00 bits per heavy atom. The zero-order valence-electron chi connectivity index (χ0n) is 16.7. The maximum atomic E-state index is 13.8. The summed E-state index contributed by atoms with van der Waals surface area (Å²) in [7, 11) is 0. The van der Waals surface area contributed by atoms with Gasteiger partial charge in [-0.3, -0.25) is 9.59 Å². The normalized spacial score (nSPS) is 27.4. The number of rotatable bonds is 4. The van der Waals surface area contributed by atoms with Crippen molar-refractivity contribution in [3.63, 3.8) is 0 Å². The minimum absolute atomic E-state index is 0.00157. The van der Waals surface area contributed by atoms with Crippen molar-refractivity contribution in [3.8, 4) is 0 Å². The van der Waals surface area contributed by atoms with E-state index in [2.05, 4.69) is 17.0 Å². The van der Waals surface area contributed by atoms with Crippen LogP contribution in [0.3, 0.4) is 0 Å². The molecule has 1 aromatic rings. The van der Waals surface area contributed by atoms with Gasteiger partial charge in [0.15, 0.2) is 0 Å². The van der Waals surface area contributed by atoms with Gasteiger partial charge < -0.3 is 14.9 Å². The standard InChI is InChI=1S/C23H32N2O3/c26-16-15-24-17-22(13-9-20(24)27)10-6-14-25(18-22)21(28)23(11-4-5-12-23)19-7-2-1-3-8-19/h1-3,7-8,26H,4-6,9-18H2/t22-/m1/s1. The molecule has 152 valence electrons. The summed E-state index contributed by atoms with van der Waals surface area (Å²) in [6, 6.07) is 10.3. The molecule has 1 aliphatic carbocycles. The van der Waals surface area contributed by atoms with Crippen LogP contribution in [0.4, 0.5) is 0 Å². The summed E-state index contributed by atoms with van der Waals surface area (Å²) in [4.78, 5) is 29.9. The van der Waals surface area contributed by atoms with Crippen LogP contribution in [0.25, 0.3) is 0 Å². The van der Waals surface area contributed by atoms with Gasteiger partial charge in [0.25, 0.3) is 0 Å². The Hall–Kier alpha value is -1.88. The van der Waals surface area contributed by atoms with E-state index in [9.17, 15) is 14.7 Å². The molecular formula is C23H32N2O3. The van der Waals surface area contributed by atoms with Crippen molar-refractivity contribution in [1.29, 1.82) is 0 Å². The molecule has 28 heavy (non-hydrogen) atoms. The summed E-state index contributed by atoms with van der Waals surface area (Å²) < 4.78 is 0. The van der Waals surface area contributed by atoms with Gasteiger partial charge in [0.1, 0.15) is 0 Å². The van der Waals surface area contributed by atoms with E-state index < -0.39 is 0 Å². The highest BCUT2D eigenvalue weighted by molar-refractivity contribution is 5.89. The Labute approximate surface area is 167 Å². The predicted molar refractivity (Wildman–Crippen MR) is 108 cm³/mol. The topological polar surface area (TPSA) is 60.9 Å². The van der Waals surface area contributed by atoms with Gasteiger partial charge in [0.05, 0.1) is 12.0 Å². The van der Waals surface area contributed by atoms with Gasteiger partial charge in [0.2, 0.25) is 11.8 Å². The zero-order chi connectivity index (χ0) is 19.6. The average molecular weight is 385 g/mol. The van der Waals surface area contributed by atoms with E-state index in [0.717, 1.165) is 63.6 Å². The van der Waals surface area contributed by atoms with Gasteiger partial charge in [-0.05, 0) is 37.7 Å². The molecule has 1 aromatic carbocycles. The molecule has 5 nitrogen and oxygen atoms in total. The number of piperidine rings is 2. The number of aliphatic hydroxyl groups excluding tert-OH is 1. The lowest BCUT2D eigenvalue weighted by Gasteiger charge is -2.49. The molecular weight excluding hydrogens is 352 g/mol. The molecule has 2 saturated heterocycles. The first-order valence-electron chi connectivity index (χ1n) is 10.8. The Morgan fingerprint density at radius 3 is 2.46 bits per heavy atom. The molecule has 2 heterocycles. The summed E-state index contributed by atoms with van der Waals surface area (Å²) in [6.45, 7) is 2.65. The number of hydrogen-bond donors (Lipinski definition) is 1. The molecule has 1 atom stereocenters. The van der Waals surface area contributed by atoms with Crippen molar-refractivity contribution in [1.82, 2.24) is 9.80 Å². The van der Waals surface area contributed by atoms with Crippen molar-refractivity contribution < 1.29 is 14.7 Å². The van der Waals surface area contributed by atoms with Gasteiger partial charge in [-0.2, -0.15) is 0 Å². The number of benzene rings is 1. The first-order valence-corrected chi connectivity index (χ1v) is 10.8. The maximum absolute atomic E-state index is 13.8. The molecule has 0 aromatic heterocycles. The first-order chi connectivity index (χ1) is 13.6. The van der Waals surface area contributed by atoms with Gasteiger partial charge in [-0.15, -0.1) is 0 Å². The van der Waals surface area contributed by atoms with Crippen LogP contribution >= 0.6 is 0 Å². The third-order valence-electron chi connectivity index (χ3n) is 7.26. The van der Waals surface area contributed by atoms with E-state index in [1.807, 2.05) is 18.2 Å². The molecule has 0 bridgehead atoms. The quantitative estimate of drug-likeness (QED) is 0.868. The molecule has 1 spiro atoms. The van der Waals surface area contributed by atoms with Crippen LogP contribution in [0.5, 0.6) is 0 Å². The molecule has 0 radical (unpaired) electrons. The fourth-order valence-electron chi connectivity index (χ4n) is 5.81. The van der Waals surface area contributed by atoms with E-state index in [0.29, 0.717) is 25.4 Å². The van der Waals surface area contributed by atoms with E-state index >= 15 is 0 Å². The second-order valence-corrected chi connectivity index (χ2v) is 9.02. The SMILES string of the molecule is O=C1CC[C@]2(CCCN(C(=O)C3(c4ccccc4)CCCC3)C2)CN1CCO. The smallest absolute Gasteiger partial charge is 0.233 e. The van der Waals surface area contributed by atoms with Crippen molar-refractivity contribution in [2.75, 3.05) is 32.8 Å². The lowest BCUT2D eigenvalue weighted by atomic mass is 9.71. The Bertz CT molecular complexity index is 714. The van der Waals surface area contributed by atoms with Gasteiger partial charge in [0, 0.05) is 38.0 Å². The molecule has 1 N–H and O–H groups in total. The minimum Gasteiger partial charge on any atom is -0.395 e. The molecule has 2 amide bonds. The number of amides is 2. The van der Waals surface area contributed by atoms with Crippen LogP contribution < -0.4 is 0 Å².